The monoisotopic (exact) mass is 404 g/mol. The van der Waals surface area contributed by atoms with Crippen molar-refractivity contribution in [2.45, 2.75) is 38.6 Å². The third-order valence-electron chi connectivity index (χ3n) is 5.07. The van der Waals surface area contributed by atoms with Crippen LogP contribution in [0.25, 0.3) is 5.65 Å². The molecule has 9 nitrogen and oxygen atoms in total. The SMILES string of the molecule is COc1cc(Cn2cccn2)cc2nnc(NS(=O)(=O)CC3CCCCC3)n12. The Kier molecular flexibility index (Phi) is 5.21. The molecule has 0 bridgehead atoms. The molecule has 0 spiro atoms. The van der Waals surface area contributed by atoms with E-state index < -0.39 is 10.0 Å². The topological polar surface area (TPSA) is 103 Å². The van der Waals surface area contributed by atoms with Gasteiger partial charge in [0.1, 0.15) is 0 Å². The Morgan fingerprint density at radius 2 is 2.04 bits per heavy atom. The van der Waals surface area contributed by atoms with Crippen LogP contribution < -0.4 is 9.46 Å². The van der Waals surface area contributed by atoms with Crippen LogP contribution in [0.15, 0.2) is 30.6 Å². The fraction of sp³-hybridized carbons (Fsp3) is 0.500. The second-order valence-electron chi connectivity index (χ2n) is 7.21. The number of hydrogen-bond donors (Lipinski definition) is 1. The standard InChI is InChI=1S/C18H24N6O3S/c1-27-17-11-15(12-23-9-5-8-19-23)10-16-20-21-18(24(16)17)22-28(25,26)13-14-6-3-2-4-7-14/h5,8-11,14H,2-4,6-7,12-13H2,1H3,(H,21,22). The molecule has 0 amide bonds. The normalized spacial score (nSPS) is 15.8. The molecule has 1 fully saturated rings. The summed E-state index contributed by atoms with van der Waals surface area (Å²) >= 11 is 0. The molecule has 1 aliphatic carbocycles. The zero-order valence-electron chi connectivity index (χ0n) is 15.8. The minimum absolute atomic E-state index is 0.113. The number of hydrogen-bond acceptors (Lipinski definition) is 6. The molecular weight excluding hydrogens is 380 g/mol. The van der Waals surface area contributed by atoms with Crippen molar-refractivity contribution in [3.8, 4) is 5.88 Å². The first kappa shape index (κ1) is 18.7. The molecule has 0 aliphatic heterocycles. The minimum atomic E-state index is -3.51. The molecule has 0 aromatic carbocycles. The number of nitrogens with zero attached hydrogens (tertiary/aromatic N) is 5. The van der Waals surface area contributed by atoms with E-state index in [1.165, 1.54) is 13.5 Å². The highest BCUT2D eigenvalue weighted by atomic mass is 32.2. The molecule has 1 N–H and O–H groups in total. The van der Waals surface area contributed by atoms with Crippen molar-refractivity contribution >= 4 is 21.6 Å². The van der Waals surface area contributed by atoms with Gasteiger partial charge in [-0.1, -0.05) is 19.3 Å². The predicted octanol–water partition coefficient (Wildman–Crippen LogP) is 2.30. The third kappa shape index (κ3) is 4.11. The Morgan fingerprint density at radius 1 is 1.21 bits per heavy atom. The summed E-state index contributed by atoms with van der Waals surface area (Å²) in [5.74, 6) is 0.919. The van der Waals surface area contributed by atoms with Crippen LogP contribution in [0.4, 0.5) is 5.95 Å². The third-order valence-corrected chi connectivity index (χ3v) is 6.48. The molecule has 150 valence electrons. The lowest BCUT2D eigenvalue weighted by molar-refractivity contribution is 0.385. The molecule has 0 atom stereocenters. The predicted molar refractivity (Wildman–Crippen MR) is 105 cm³/mol. The maximum Gasteiger partial charge on any atom is 0.245 e. The van der Waals surface area contributed by atoms with E-state index in [2.05, 4.69) is 20.0 Å². The summed E-state index contributed by atoms with van der Waals surface area (Å²) in [6.07, 6.45) is 8.89. The van der Waals surface area contributed by atoms with Crippen molar-refractivity contribution in [1.29, 1.82) is 0 Å². The van der Waals surface area contributed by atoms with E-state index in [0.29, 0.717) is 18.1 Å². The maximum atomic E-state index is 12.6. The zero-order valence-corrected chi connectivity index (χ0v) is 16.6. The molecule has 3 aromatic heterocycles. The van der Waals surface area contributed by atoms with E-state index in [1.807, 2.05) is 24.4 Å². The van der Waals surface area contributed by atoms with Gasteiger partial charge in [-0.2, -0.15) is 5.10 Å². The van der Waals surface area contributed by atoms with Gasteiger partial charge in [0.2, 0.25) is 21.9 Å². The van der Waals surface area contributed by atoms with Gasteiger partial charge in [0.05, 0.1) is 19.4 Å². The Bertz CT molecular complexity index is 1040. The minimum Gasteiger partial charge on any atom is -0.482 e. The average Bonchev–Trinajstić information content (AvgIpc) is 3.31. The van der Waals surface area contributed by atoms with E-state index in [1.54, 1.807) is 15.3 Å². The lowest BCUT2D eigenvalue weighted by Crippen LogP contribution is -2.25. The summed E-state index contributed by atoms with van der Waals surface area (Å²) in [4.78, 5) is 0. The molecule has 0 saturated heterocycles. The number of ether oxygens (including phenoxy) is 1. The Morgan fingerprint density at radius 3 is 2.75 bits per heavy atom. The van der Waals surface area contributed by atoms with Crippen LogP contribution in [0.5, 0.6) is 5.88 Å². The fourth-order valence-electron chi connectivity index (χ4n) is 3.77. The molecule has 28 heavy (non-hydrogen) atoms. The molecule has 3 heterocycles. The van der Waals surface area contributed by atoms with E-state index in [9.17, 15) is 8.42 Å². The number of pyridine rings is 1. The van der Waals surface area contributed by atoms with Crippen LogP contribution in [-0.2, 0) is 16.6 Å². The molecule has 0 unspecified atom stereocenters. The van der Waals surface area contributed by atoms with Gasteiger partial charge in [0.25, 0.3) is 0 Å². The molecule has 4 rings (SSSR count). The summed E-state index contributed by atoms with van der Waals surface area (Å²) in [7, 11) is -1.98. The van der Waals surface area contributed by atoms with Crippen LogP contribution in [0.3, 0.4) is 0 Å². The van der Waals surface area contributed by atoms with Crippen LogP contribution >= 0.6 is 0 Å². The van der Waals surface area contributed by atoms with Crippen molar-refractivity contribution in [3.63, 3.8) is 0 Å². The molecule has 0 radical (unpaired) electrons. The fourth-order valence-corrected chi connectivity index (χ4v) is 5.22. The van der Waals surface area contributed by atoms with Gasteiger partial charge >= 0.3 is 0 Å². The summed E-state index contributed by atoms with van der Waals surface area (Å²) in [5, 5.41) is 12.4. The summed E-state index contributed by atoms with van der Waals surface area (Å²) in [6.45, 7) is 0.551. The second kappa shape index (κ2) is 7.78. The van der Waals surface area contributed by atoms with Crippen molar-refractivity contribution in [1.82, 2.24) is 24.4 Å². The zero-order chi connectivity index (χ0) is 19.6. The number of methoxy groups -OCH3 is 1. The van der Waals surface area contributed by atoms with E-state index in [4.69, 9.17) is 4.74 Å². The Labute approximate surface area is 163 Å². The Hall–Kier alpha value is -2.62. The first-order valence-corrected chi connectivity index (χ1v) is 11.1. The van der Waals surface area contributed by atoms with Gasteiger partial charge in [-0.25, -0.2) is 12.8 Å². The lowest BCUT2D eigenvalue weighted by atomic mass is 9.91. The molecule has 3 aromatic rings. The average molecular weight is 404 g/mol. The number of aromatic nitrogens is 5. The first-order chi connectivity index (χ1) is 13.5. The largest absolute Gasteiger partial charge is 0.482 e. The number of anilines is 1. The van der Waals surface area contributed by atoms with Gasteiger partial charge in [0.15, 0.2) is 5.65 Å². The van der Waals surface area contributed by atoms with Gasteiger partial charge in [-0.3, -0.25) is 9.40 Å². The van der Waals surface area contributed by atoms with E-state index >= 15 is 0 Å². The number of fused-ring (bicyclic) bond motifs is 1. The number of rotatable bonds is 7. The molecular formula is C18H24N6O3S. The van der Waals surface area contributed by atoms with Gasteiger partial charge in [-0.15, -0.1) is 10.2 Å². The van der Waals surface area contributed by atoms with Crippen molar-refractivity contribution in [3.05, 3.63) is 36.2 Å². The smallest absolute Gasteiger partial charge is 0.245 e. The van der Waals surface area contributed by atoms with Crippen molar-refractivity contribution in [2.24, 2.45) is 5.92 Å². The van der Waals surface area contributed by atoms with Crippen LogP contribution in [0.1, 0.15) is 37.7 Å². The quantitative estimate of drug-likeness (QED) is 0.648. The highest BCUT2D eigenvalue weighted by Crippen LogP contribution is 2.26. The highest BCUT2D eigenvalue weighted by molar-refractivity contribution is 7.92. The molecule has 1 saturated carbocycles. The highest BCUT2D eigenvalue weighted by Gasteiger charge is 2.23. The van der Waals surface area contributed by atoms with Gasteiger partial charge < -0.3 is 4.74 Å². The lowest BCUT2D eigenvalue weighted by Gasteiger charge is -2.21. The van der Waals surface area contributed by atoms with Gasteiger partial charge in [0, 0.05) is 18.5 Å². The van der Waals surface area contributed by atoms with Crippen molar-refractivity contribution in [2.75, 3.05) is 17.6 Å². The van der Waals surface area contributed by atoms with Gasteiger partial charge in [-0.05, 0) is 36.5 Å². The molecule has 1 aliphatic rings. The van der Waals surface area contributed by atoms with E-state index in [-0.39, 0.29) is 17.6 Å². The van der Waals surface area contributed by atoms with E-state index in [0.717, 1.165) is 31.2 Å². The van der Waals surface area contributed by atoms with Crippen LogP contribution in [0.2, 0.25) is 0 Å². The molecule has 10 heteroatoms. The maximum absolute atomic E-state index is 12.6. The number of sulfonamides is 1. The van der Waals surface area contributed by atoms with Crippen LogP contribution in [-0.4, -0.2) is 45.7 Å². The van der Waals surface area contributed by atoms with Crippen molar-refractivity contribution < 1.29 is 13.2 Å². The summed E-state index contributed by atoms with van der Waals surface area (Å²) in [5.41, 5.74) is 1.44. The first-order valence-electron chi connectivity index (χ1n) is 9.44. The summed E-state index contributed by atoms with van der Waals surface area (Å²) in [6, 6.07) is 5.53. The number of nitrogens with one attached hydrogen (secondary N) is 1. The Balaban J connectivity index is 1.59. The summed E-state index contributed by atoms with van der Waals surface area (Å²) < 4.78 is 36.7. The second-order valence-corrected chi connectivity index (χ2v) is 8.98. The van der Waals surface area contributed by atoms with Crippen LogP contribution in [0, 0.1) is 5.92 Å².